The van der Waals surface area contributed by atoms with Crippen LogP contribution < -0.4 is 19.7 Å². The van der Waals surface area contributed by atoms with Crippen molar-refractivity contribution in [1.82, 2.24) is 15.3 Å². The first-order valence-corrected chi connectivity index (χ1v) is 9.40. The lowest BCUT2D eigenvalue weighted by atomic mass is 10.1. The average molecular weight is 368 g/mol. The fourth-order valence-corrected chi connectivity index (χ4v) is 3.21. The number of amides is 1. The summed E-state index contributed by atoms with van der Waals surface area (Å²) in [6, 6.07) is 7.50. The SMILES string of the molecule is COc1ccc(C(=O)NC2CC2)cc1OC1CCN(c2ncccn2)CC1. The van der Waals surface area contributed by atoms with Crippen LogP contribution in [0.4, 0.5) is 5.95 Å². The number of carbonyl (C=O) groups is 1. The molecule has 2 aromatic rings. The van der Waals surface area contributed by atoms with Crippen molar-refractivity contribution < 1.29 is 14.3 Å². The number of carbonyl (C=O) groups excluding carboxylic acids is 1. The Morgan fingerprint density at radius 2 is 1.85 bits per heavy atom. The molecular weight excluding hydrogens is 344 g/mol. The molecule has 1 aliphatic carbocycles. The third kappa shape index (κ3) is 4.30. The zero-order valence-corrected chi connectivity index (χ0v) is 15.4. The first-order valence-electron chi connectivity index (χ1n) is 9.40. The summed E-state index contributed by atoms with van der Waals surface area (Å²) in [6.07, 6.45) is 7.44. The molecule has 0 radical (unpaired) electrons. The van der Waals surface area contributed by atoms with Crippen LogP contribution in [0.1, 0.15) is 36.0 Å². The second-order valence-corrected chi connectivity index (χ2v) is 6.97. The van der Waals surface area contributed by atoms with Crippen molar-refractivity contribution >= 4 is 11.9 Å². The van der Waals surface area contributed by atoms with E-state index in [0.717, 1.165) is 44.7 Å². The van der Waals surface area contributed by atoms with Gasteiger partial charge in [-0.3, -0.25) is 4.79 Å². The topological polar surface area (TPSA) is 76.6 Å². The van der Waals surface area contributed by atoms with Crippen LogP contribution in [0.25, 0.3) is 0 Å². The first kappa shape index (κ1) is 17.6. The van der Waals surface area contributed by atoms with Crippen LogP contribution in [0.2, 0.25) is 0 Å². The number of hydrogen-bond acceptors (Lipinski definition) is 6. The van der Waals surface area contributed by atoms with Gasteiger partial charge in [0.2, 0.25) is 5.95 Å². The molecule has 2 fully saturated rings. The predicted octanol–water partition coefficient (Wildman–Crippen LogP) is 2.43. The second-order valence-electron chi connectivity index (χ2n) is 6.97. The molecule has 4 rings (SSSR count). The number of aromatic nitrogens is 2. The molecule has 1 aromatic carbocycles. The van der Waals surface area contributed by atoms with Gasteiger partial charge in [-0.15, -0.1) is 0 Å². The van der Waals surface area contributed by atoms with Crippen molar-refractivity contribution in [3.8, 4) is 11.5 Å². The van der Waals surface area contributed by atoms with Crippen LogP contribution in [0.3, 0.4) is 0 Å². The van der Waals surface area contributed by atoms with Gasteiger partial charge in [-0.25, -0.2) is 9.97 Å². The summed E-state index contributed by atoms with van der Waals surface area (Å²) in [4.78, 5) is 23.1. The minimum atomic E-state index is -0.0546. The number of piperidine rings is 1. The van der Waals surface area contributed by atoms with E-state index in [1.165, 1.54) is 0 Å². The highest BCUT2D eigenvalue weighted by atomic mass is 16.5. The molecule has 1 aliphatic heterocycles. The summed E-state index contributed by atoms with van der Waals surface area (Å²) >= 11 is 0. The lowest BCUT2D eigenvalue weighted by Gasteiger charge is -2.32. The summed E-state index contributed by atoms with van der Waals surface area (Å²) in [7, 11) is 1.61. The number of anilines is 1. The number of methoxy groups -OCH3 is 1. The maximum absolute atomic E-state index is 12.3. The fourth-order valence-electron chi connectivity index (χ4n) is 3.21. The second kappa shape index (κ2) is 7.82. The molecule has 7 nitrogen and oxygen atoms in total. The lowest BCUT2D eigenvalue weighted by Crippen LogP contribution is -2.39. The summed E-state index contributed by atoms with van der Waals surface area (Å²) in [5.41, 5.74) is 0.604. The lowest BCUT2D eigenvalue weighted by molar-refractivity contribution is 0.0949. The standard InChI is InChI=1S/C20H24N4O3/c1-26-17-6-3-14(19(25)23-15-4-5-15)13-18(17)27-16-7-11-24(12-8-16)20-21-9-2-10-22-20/h2-3,6,9-10,13,15-16H,4-5,7-8,11-12H2,1H3,(H,23,25). The molecule has 0 bridgehead atoms. The Labute approximate surface area is 158 Å². The number of rotatable bonds is 6. The molecule has 0 spiro atoms. The first-order chi connectivity index (χ1) is 13.2. The molecule has 27 heavy (non-hydrogen) atoms. The maximum atomic E-state index is 12.3. The largest absolute Gasteiger partial charge is 0.493 e. The van der Waals surface area contributed by atoms with Gasteiger partial charge in [-0.2, -0.15) is 0 Å². The quantitative estimate of drug-likeness (QED) is 0.844. The number of ether oxygens (including phenoxy) is 2. The summed E-state index contributed by atoms with van der Waals surface area (Å²) in [5.74, 6) is 1.97. The third-order valence-electron chi connectivity index (χ3n) is 4.91. The van der Waals surface area contributed by atoms with Crippen LogP contribution >= 0.6 is 0 Å². The Bertz CT molecular complexity index is 787. The summed E-state index contributed by atoms with van der Waals surface area (Å²) in [5, 5.41) is 3.01. The van der Waals surface area contributed by atoms with E-state index >= 15 is 0 Å². The highest BCUT2D eigenvalue weighted by Crippen LogP contribution is 2.31. The minimum Gasteiger partial charge on any atom is -0.493 e. The Morgan fingerprint density at radius 3 is 2.52 bits per heavy atom. The van der Waals surface area contributed by atoms with E-state index in [2.05, 4.69) is 20.2 Å². The van der Waals surface area contributed by atoms with Crippen molar-refractivity contribution in [2.45, 2.75) is 37.8 Å². The van der Waals surface area contributed by atoms with E-state index in [1.54, 1.807) is 37.7 Å². The molecule has 7 heteroatoms. The van der Waals surface area contributed by atoms with Gasteiger partial charge in [0.1, 0.15) is 6.10 Å². The normalized spacial score (nSPS) is 17.4. The molecule has 0 unspecified atom stereocenters. The third-order valence-corrected chi connectivity index (χ3v) is 4.91. The molecule has 1 saturated heterocycles. The molecule has 1 saturated carbocycles. The maximum Gasteiger partial charge on any atom is 0.251 e. The summed E-state index contributed by atoms with van der Waals surface area (Å²) in [6.45, 7) is 1.66. The molecule has 0 atom stereocenters. The monoisotopic (exact) mass is 368 g/mol. The highest BCUT2D eigenvalue weighted by molar-refractivity contribution is 5.95. The van der Waals surface area contributed by atoms with Gasteiger partial charge < -0.3 is 19.7 Å². The molecular formula is C20H24N4O3. The average Bonchev–Trinajstić information content (AvgIpc) is 3.53. The van der Waals surface area contributed by atoms with Crippen molar-refractivity contribution in [2.75, 3.05) is 25.1 Å². The van der Waals surface area contributed by atoms with Gasteiger partial charge in [0.05, 0.1) is 7.11 Å². The van der Waals surface area contributed by atoms with Crippen LogP contribution in [0.15, 0.2) is 36.7 Å². The van der Waals surface area contributed by atoms with Gasteiger partial charge in [0.25, 0.3) is 5.91 Å². The molecule has 2 aliphatic rings. The van der Waals surface area contributed by atoms with E-state index in [1.807, 2.05) is 6.07 Å². The Balaban J connectivity index is 1.40. The van der Waals surface area contributed by atoms with E-state index in [9.17, 15) is 4.79 Å². The van der Waals surface area contributed by atoms with E-state index in [4.69, 9.17) is 9.47 Å². The van der Waals surface area contributed by atoms with Crippen molar-refractivity contribution in [3.05, 3.63) is 42.2 Å². The Kier molecular flexibility index (Phi) is 5.09. The molecule has 142 valence electrons. The molecule has 1 N–H and O–H groups in total. The van der Waals surface area contributed by atoms with Crippen molar-refractivity contribution in [2.24, 2.45) is 0 Å². The zero-order valence-electron chi connectivity index (χ0n) is 15.4. The van der Waals surface area contributed by atoms with Crippen molar-refractivity contribution in [3.63, 3.8) is 0 Å². The van der Waals surface area contributed by atoms with E-state index in [-0.39, 0.29) is 12.0 Å². The summed E-state index contributed by atoms with van der Waals surface area (Å²) < 4.78 is 11.6. The van der Waals surface area contributed by atoms with Crippen molar-refractivity contribution in [1.29, 1.82) is 0 Å². The van der Waals surface area contributed by atoms with Gasteiger partial charge in [0.15, 0.2) is 11.5 Å². The number of nitrogens with zero attached hydrogens (tertiary/aromatic N) is 3. The van der Waals surface area contributed by atoms with Crippen LogP contribution in [0.5, 0.6) is 11.5 Å². The van der Waals surface area contributed by atoms with Gasteiger partial charge in [-0.1, -0.05) is 0 Å². The predicted molar refractivity (Wildman–Crippen MR) is 101 cm³/mol. The van der Waals surface area contributed by atoms with Crippen LogP contribution in [-0.2, 0) is 0 Å². The van der Waals surface area contributed by atoms with Crippen LogP contribution in [0, 0.1) is 0 Å². The van der Waals surface area contributed by atoms with Crippen LogP contribution in [-0.4, -0.2) is 48.2 Å². The Morgan fingerprint density at radius 1 is 1.11 bits per heavy atom. The smallest absolute Gasteiger partial charge is 0.251 e. The zero-order chi connectivity index (χ0) is 18.6. The number of benzene rings is 1. The van der Waals surface area contributed by atoms with E-state index in [0.29, 0.717) is 23.1 Å². The molecule has 1 amide bonds. The number of hydrogen-bond donors (Lipinski definition) is 1. The fraction of sp³-hybridized carbons (Fsp3) is 0.450. The van der Waals surface area contributed by atoms with Gasteiger partial charge >= 0.3 is 0 Å². The Hall–Kier alpha value is -2.83. The number of nitrogens with one attached hydrogen (secondary N) is 1. The highest BCUT2D eigenvalue weighted by Gasteiger charge is 2.26. The molecule has 1 aromatic heterocycles. The van der Waals surface area contributed by atoms with Gasteiger partial charge in [-0.05, 0) is 37.1 Å². The molecule has 2 heterocycles. The van der Waals surface area contributed by atoms with E-state index < -0.39 is 0 Å². The van der Waals surface area contributed by atoms with Gasteiger partial charge in [0, 0.05) is 49.9 Å². The minimum absolute atomic E-state index is 0.0546.